The fraction of sp³-hybridized carbons (Fsp3) is 0.440. The number of anilines is 1. The molecule has 0 aliphatic carbocycles. The van der Waals surface area contributed by atoms with Crippen molar-refractivity contribution >= 4 is 27.5 Å². The molecule has 1 saturated heterocycles. The van der Waals surface area contributed by atoms with Crippen LogP contribution in [0.15, 0.2) is 53.4 Å². The summed E-state index contributed by atoms with van der Waals surface area (Å²) in [5.41, 5.74) is 1.81. The zero-order valence-corrected chi connectivity index (χ0v) is 20.2. The van der Waals surface area contributed by atoms with Crippen LogP contribution in [0.2, 0.25) is 0 Å². The number of amides is 2. The fourth-order valence-electron chi connectivity index (χ4n) is 4.76. The van der Waals surface area contributed by atoms with Gasteiger partial charge in [-0.05, 0) is 62.4 Å². The van der Waals surface area contributed by atoms with Crippen molar-refractivity contribution in [1.82, 2.24) is 9.62 Å². The number of piperidine rings is 1. The molecule has 0 aromatic heterocycles. The van der Waals surface area contributed by atoms with Crippen molar-refractivity contribution in [3.8, 4) is 0 Å². The van der Waals surface area contributed by atoms with Gasteiger partial charge in [-0.3, -0.25) is 9.59 Å². The third-order valence-corrected chi connectivity index (χ3v) is 8.65. The lowest BCUT2D eigenvalue weighted by Crippen LogP contribution is -2.45. The molecule has 2 aromatic rings. The van der Waals surface area contributed by atoms with E-state index in [1.807, 2.05) is 44.2 Å². The van der Waals surface area contributed by atoms with E-state index in [4.69, 9.17) is 0 Å². The smallest absolute Gasteiger partial charge is 0.243 e. The molecule has 7 nitrogen and oxygen atoms in total. The first-order chi connectivity index (χ1) is 15.6. The molecule has 4 rings (SSSR count). The molecular weight excluding hydrogens is 438 g/mol. The molecule has 33 heavy (non-hydrogen) atoms. The highest BCUT2D eigenvalue weighted by atomic mass is 32.2. The standard InChI is InChI=1S/C25H31N3O4S/c1-25(2)21-16-20(11-12-22(21)27(3)24(25)30)33(31,32)28-15-7-10-19(17-28)23(29)26-14-13-18-8-5-4-6-9-18/h4-6,8-9,11-12,16,19H,7,10,13-15,17H2,1-3H3,(H,26,29)/t19-/m1/s1. The van der Waals surface area contributed by atoms with Gasteiger partial charge in [0.15, 0.2) is 0 Å². The van der Waals surface area contributed by atoms with E-state index in [-0.39, 0.29) is 29.2 Å². The van der Waals surface area contributed by atoms with Crippen molar-refractivity contribution < 1.29 is 18.0 Å². The SMILES string of the molecule is CN1C(=O)C(C)(C)c2cc(S(=O)(=O)N3CCC[C@@H](C(=O)NCCc4ccccc4)C3)ccc21. The van der Waals surface area contributed by atoms with Crippen molar-refractivity contribution in [2.75, 3.05) is 31.6 Å². The van der Waals surface area contributed by atoms with E-state index in [0.717, 1.165) is 17.7 Å². The third-order valence-electron chi connectivity index (χ3n) is 6.79. The van der Waals surface area contributed by atoms with Gasteiger partial charge in [0.05, 0.1) is 16.2 Å². The minimum Gasteiger partial charge on any atom is -0.355 e. The number of carbonyl (C=O) groups excluding carboxylic acids is 2. The molecule has 176 valence electrons. The number of sulfonamides is 1. The van der Waals surface area contributed by atoms with Crippen LogP contribution in [0.1, 0.15) is 37.8 Å². The van der Waals surface area contributed by atoms with Gasteiger partial charge in [-0.2, -0.15) is 4.31 Å². The Morgan fingerprint density at radius 1 is 1.15 bits per heavy atom. The van der Waals surface area contributed by atoms with Crippen LogP contribution in [0, 0.1) is 5.92 Å². The minimum atomic E-state index is -3.78. The normalized spacial score (nSPS) is 20.5. The summed E-state index contributed by atoms with van der Waals surface area (Å²) in [5, 5.41) is 2.96. The first kappa shape index (κ1) is 23.4. The Morgan fingerprint density at radius 3 is 2.61 bits per heavy atom. The first-order valence-electron chi connectivity index (χ1n) is 11.4. The lowest BCUT2D eigenvalue weighted by Gasteiger charge is -2.31. The van der Waals surface area contributed by atoms with Crippen molar-refractivity contribution in [2.24, 2.45) is 5.92 Å². The highest BCUT2D eigenvalue weighted by Crippen LogP contribution is 2.42. The van der Waals surface area contributed by atoms with Gasteiger partial charge in [-0.15, -0.1) is 0 Å². The number of carbonyl (C=O) groups is 2. The van der Waals surface area contributed by atoms with E-state index in [1.54, 1.807) is 30.1 Å². The fourth-order valence-corrected chi connectivity index (χ4v) is 6.31. The Kier molecular flexibility index (Phi) is 6.33. The largest absolute Gasteiger partial charge is 0.355 e. The first-order valence-corrected chi connectivity index (χ1v) is 12.8. The number of nitrogens with zero attached hydrogens (tertiary/aromatic N) is 2. The topological polar surface area (TPSA) is 86.8 Å². The molecule has 0 radical (unpaired) electrons. The predicted octanol–water partition coefficient (Wildman–Crippen LogP) is 2.70. The van der Waals surface area contributed by atoms with Gasteiger partial charge in [0.25, 0.3) is 0 Å². The average Bonchev–Trinajstić information content (AvgIpc) is 2.99. The van der Waals surface area contributed by atoms with Crippen LogP contribution in [0.5, 0.6) is 0 Å². The molecule has 1 N–H and O–H groups in total. The van der Waals surface area contributed by atoms with Crippen molar-refractivity contribution in [2.45, 2.75) is 43.4 Å². The number of hydrogen-bond acceptors (Lipinski definition) is 4. The van der Waals surface area contributed by atoms with Gasteiger partial charge in [0.1, 0.15) is 0 Å². The number of nitrogens with one attached hydrogen (secondary N) is 1. The number of hydrogen-bond donors (Lipinski definition) is 1. The van der Waals surface area contributed by atoms with Gasteiger partial charge in [0, 0.05) is 32.4 Å². The molecule has 0 unspecified atom stereocenters. The van der Waals surface area contributed by atoms with E-state index >= 15 is 0 Å². The van der Waals surface area contributed by atoms with Gasteiger partial charge in [0.2, 0.25) is 21.8 Å². The van der Waals surface area contributed by atoms with Crippen LogP contribution in [-0.2, 0) is 31.4 Å². The molecule has 1 fully saturated rings. The quantitative estimate of drug-likeness (QED) is 0.705. The minimum absolute atomic E-state index is 0.0581. The summed E-state index contributed by atoms with van der Waals surface area (Å²) >= 11 is 0. The van der Waals surface area contributed by atoms with E-state index in [1.165, 1.54) is 4.31 Å². The Bertz CT molecular complexity index is 1160. The lowest BCUT2D eigenvalue weighted by molar-refractivity contribution is -0.126. The van der Waals surface area contributed by atoms with Gasteiger partial charge >= 0.3 is 0 Å². The second kappa shape index (κ2) is 8.91. The summed E-state index contributed by atoms with van der Waals surface area (Å²) in [6.07, 6.45) is 2.03. The van der Waals surface area contributed by atoms with E-state index in [2.05, 4.69) is 5.32 Å². The molecule has 8 heteroatoms. The maximum atomic E-state index is 13.4. The molecule has 0 bridgehead atoms. The predicted molar refractivity (Wildman–Crippen MR) is 128 cm³/mol. The molecule has 2 amide bonds. The molecule has 2 heterocycles. The Balaban J connectivity index is 1.45. The summed E-state index contributed by atoms with van der Waals surface area (Å²) in [4.78, 5) is 27.0. The third kappa shape index (κ3) is 4.42. The van der Waals surface area contributed by atoms with Crippen molar-refractivity contribution in [3.63, 3.8) is 0 Å². The summed E-state index contributed by atoms with van der Waals surface area (Å²) in [6.45, 7) is 4.69. The molecular formula is C25H31N3O4S. The summed E-state index contributed by atoms with van der Waals surface area (Å²) in [5.74, 6) is -0.534. The average molecular weight is 470 g/mol. The second-order valence-electron chi connectivity index (χ2n) is 9.40. The number of fused-ring (bicyclic) bond motifs is 1. The van der Waals surface area contributed by atoms with E-state index < -0.39 is 15.4 Å². The zero-order chi connectivity index (χ0) is 23.8. The molecule has 1 atom stereocenters. The Labute approximate surface area is 195 Å². The maximum absolute atomic E-state index is 13.4. The Hall–Kier alpha value is -2.71. The molecule has 0 saturated carbocycles. The summed E-state index contributed by atoms with van der Waals surface area (Å²) in [6, 6.07) is 14.8. The van der Waals surface area contributed by atoms with Crippen LogP contribution >= 0.6 is 0 Å². The summed E-state index contributed by atoms with van der Waals surface area (Å²) in [7, 11) is -2.07. The van der Waals surface area contributed by atoms with Crippen LogP contribution in [0.3, 0.4) is 0 Å². The van der Waals surface area contributed by atoms with Crippen molar-refractivity contribution in [1.29, 1.82) is 0 Å². The number of rotatable bonds is 6. The van der Waals surface area contributed by atoms with Crippen molar-refractivity contribution in [3.05, 3.63) is 59.7 Å². The van der Waals surface area contributed by atoms with Gasteiger partial charge < -0.3 is 10.2 Å². The number of benzene rings is 2. The lowest BCUT2D eigenvalue weighted by atomic mass is 9.86. The molecule has 0 spiro atoms. The van der Waals surface area contributed by atoms with Crippen LogP contribution in [-0.4, -0.2) is 51.2 Å². The highest BCUT2D eigenvalue weighted by molar-refractivity contribution is 7.89. The van der Waals surface area contributed by atoms with Crippen LogP contribution in [0.25, 0.3) is 0 Å². The monoisotopic (exact) mass is 469 g/mol. The van der Waals surface area contributed by atoms with Crippen LogP contribution < -0.4 is 10.2 Å². The van der Waals surface area contributed by atoms with E-state index in [0.29, 0.717) is 31.5 Å². The second-order valence-corrected chi connectivity index (χ2v) is 11.3. The van der Waals surface area contributed by atoms with E-state index in [9.17, 15) is 18.0 Å². The Morgan fingerprint density at radius 2 is 1.88 bits per heavy atom. The number of likely N-dealkylation sites (N-methyl/N-ethyl adjacent to an activating group) is 1. The van der Waals surface area contributed by atoms with Gasteiger partial charge in [-0.25, -0.2) is 8.42 Å². The summed E-state index contributed by atoms with van der Waals surface area (Å²) < 4.78 is 28.3. The van der Waals surface area contributed by atoms with Gasteiger partial charge in [-0.1, -0.05) is 30.3 Å². The molecule has 2 aliphatic rings. The zero-order valence-electron chi connectivity index (χ0n) is 19.4. The highest BCUT2D eigenvalue weighted by Gasteiger charge is 2.43. The molecule has 2 aliphatic heterocycles. The van der Waals surface area contributed by atoms with Crippen LogP contribution in [0.4, 0.5) is 5.69 Å². The maximum Gasteiger partial charge on any atom is 0.243 e. The molecule has 2 aromatic carbocycles.